The Bertz CT molecular complexity index is 1160. The molecule has 3 aromatic rings. The zero-order chi connectivity index (χ0) is 24.4. The highest BCUT2D eigenvalue weighted by Crippen LogP contribution is 2.41. The molecular formula is C26H33N5O4. The van der Waals surface area contributed by atoms with Crippen LogP contribution in [0, 0.1) is 5.92 Å². The number of ether oxygens (including phenoxy) is 3. The smallest absolute Gasteiger partial charge is 0.377 e. The Morgan fingerprint density at radius 2 is 2.00 bits per heavy atom. The van der Waals surface area contributed by atoms with Crippen LogP contribution < -0.4 is 5.32 Å². The Labute approximate surface area is 205 Å². The third-order valence-electron chi connectivity index (χ3n) is 7.16. The van der Waals surface area contributed by atoms with E-state index < -0.39 is 5.97 Å². The van der Waals surface area contributed by atoms with Crippen LogP contribution >= 0.6 is 0 Å². The predicted molar refractivity (Wildman–Crippen MR) is 130 cm³/mol. The maximum atomic E-state index is 12.4. The number of fused-ring (bicyclic) bond motifs is 1. The first-order chi connectivity index (χ1) is 17.1. The van der Waals surface area contributed by atoms with Crippen LogP contribution in [0.25, 0.3) is 5.65 Å². The number of nitrogens with one attached hydrogen (secondary N) is 1. The summed E-state index contributed by atoms with van der Waals surface area (Å²) in [6.45, 7) is 4.77. The minimum Gasteiger partial charge on any atom is -0.463 e. The van der Waals surface area contributed by atoms with Crippen LogP contribution in [0.5, 0.6) is 0 Å². The highest BCUT2D eigenvalue weighted by atomic mass is 16.6. The van der Waals surface area contributed by atoms with Gasteiger partial charge in [-0.3, -0.25) is 0 Å². The fourth-order valence-corrected chi connectivity index (χ4v) is 5.22. The average Bonchev–Trinajstić information content (AvgIpc) is 3.62. The first-order valence-electron chi connectivity index (χ1n) is 12.5. The van der Waals surface area contributed by atoms with Gasteiger partial charge in [-0.1, -0.05) is 57.0 Å². The molecule has 1 saturated carbocycles. The normalized spacial score (nSPS) is 24.8. The predicted octanol–water partition coefficient (Wildman–Crippen LogP) is 4.34. The van der Waals surface area contributed by atoms with Crippen molar-refractivity contribution in [2.24, 2.45) is 5.92 Å². The summed E-state index contributed by atoms with van der Waals surface area (Å²) >= 11 is 0. The van der Waals surface area contributed by atoms with Crippen LogP contribution in [0.2, 0.25) is 0 Å². The minimum absolute atomic E-state index is 0.0143. The van der Waals surface area contributed by atoms with Crippen molar-refractivity contribution in [1.29, 1.82) is 0 Å². The van der Waals surface area contributed by atoms with Crippen molar-refractivity contribution < 1.29 is 19.0 Å². The lowest BCUT2D eigenvalue weighted by atomic mass is 9.95. The molecule has 2 fully saturated rings. The van der Waals surface area contributed by atoms with E-state index in [4.69, 9.17) is 14.2 Å². The van der Waals surface area contributed by atoms with Crippen LogP contribution in [0.4, 0.5) is 5.82 Å². The number of hydrogen-bond acceptors (Lipinski definition) is 8. The number of rotatable bonds is 8. The molecule has 9 nitrogen and oxygen atoms in total. The van der Waals surface area contributed by atoms with E-state index >= 15 is 0 Å². The average molecular weight is 480 g/mol. The Hall–Kier alpha value is -3.04. The number of nitrogens with zero attached hydrogens (tertiary/aromatic N) is 4. The monoisotopic (exact) mass is 479 g/mol. The second-order valence-electron chi connectivity index (χ2n) is 9.44. The largest absolute Gasteiger partial charge is 0.463 e. The van der Waals surface area contributed by atoms with Gasteiger partial charge < -0.3 is 19.5 Å². The third-order valence-corrected chi connectivity index (χ3v) is 7.16. The fraction of sp³-hybridized carbons (Fsp3) is 0.538. The molecule has 2 aliphatic rings. The van der Waals surface area contributed by atoms with Gasteiger partial charge in [-0.2, -0.15) is 4.98 Å². The Morgan fingerprint density at radius 1 is 1.23 bits per heavy atom. The molecule has 0 amide bonds. The van der Waals surface area contributed by atoms with Gasteiger partial charge in [0.15, 0.2) is 11.5 Å². The van der Waals surface area contributed by atoms with Crippen LogP contribution in [-0.4, -0.2) is 50.9 Å². The van der Waals surface area contributed by atoms with E-state index in [1.54, 1.807) is 10.7 Å². The van der Waals surface area contributed by atoms with Gasteiger partial charge in [-0.25, -0.2) is 14.3 Å². The van der Waals surface area contributed by atoms with Crippen LogP contribution in [-0.2, 0) is 20.8 Å². The highest BCUT2D eigenvalue weighted by Gasteiger charge is 2.44. The van der Waals surface area contributed by atoms with E-state index in [2.05, 4.69) is 46.4 Å². The lowest BCUT2D eigenvalue weighted by Crippen LogP contribution is -2.26. The third kappa shape index (κ3) is 4.75. The quantitative estimate of drug-likeness (QED) is 0.477. The lowest BCUT2D eigenvalue weighted by molar-refractivity contribution is -0.0362. The van der Waals surface area contributed by atoms with Crippen molar-refractivity contribution in [3.05, 3.63) is 53.6 Å². The topological polar surface area (TPSA) is 99.9 Å². The highest BCUT2D eigenvalue weighted by molar-refractivity contribution is 5.86. The number of carbonyl (C=O) groups excluding carboxylic acids is 1. The second-order valence-corrected chi connectivity index (χ2v) is 9.44. The molecule has 2 aromatic heterocycles. The molecule has 1 saturated heterocycles. The van der Waals surface area contributed by atoms with E-state index in [-0.39, 0.29) is 30.1 Å². The van der Waals surface area contributed by atoms with Crippen LogP contribution in [0.3, 0.4) is 0 Å². The van der Waals surface area contributed by atoms with Gasteiger partial charge >= 0.3 is 5.97 Å². The molecule has 1 aliphatic carbocycles. The zero-order valence-electron chi connectivity index (χ0n) is 20.5. The Balaban J connectivity index is 1.51. The Kier molecular flexibility index (Phi) is 6.97. The van der Waals surface area contributed by atoms with Crippen molar-refractivity contribution >= 4 is 17.4 Å². The van der Waals surface area contributed by atoms with Crippen molar-refractivity contribution in [3.8, 4) is 0 Å². The molecule has 0 radical (unpaired) electrons. The molecule has 5 rings (SSSR count). The lowest BCUT2D eigenvalue weighted by Gasteiger charge is -2.22. The van der Waals surface area contributed by atoms with E-state index in [0.717, 1.165) is 30.5 Å². The summed E-state index contributed by atoms with van der Waals surface area (Å²) in [7, 11) is 1.33. The summed E-state index contributed by atoms with van der Waals surface area (Å²) < 4.78 is 19.5. The van der Waals surface area contributed by atoms with Crippen molar-refractivity contribution in [2.75, 3.05) is 12.4 Å². The summed E-state index contributed by atoms with van der Waals surface area (Å²) in [5.41, 5.74) is 2.41. The number of benzene rings is 1. The molecule has 9 heteroatoms. The molecule has 0 bridgehead atoms. The summed E-state index contributed by atoms with van der Waals surface area (Å²) in [6.07, 6.45) is 6.59. The first kappa shape index (κ1) is 23.7. The number of esters is 1. The first-order valence-corrected chi connectivity index (χ1v) is 12.5. The molecule has 35 heavy (non-hydrogen) atoms. The van der Waals surface area contributed by atoms with Gasteiger partial charge in [-0.05, 0) is 24.8 Å². The number of carbonyl (C=O) groups is 1. The van der Waals surface area contributed by atoms with Gasteiger partial charge in [0.25, 0.3) is 5.82 Å². The van der Waals surface area contributed by atoms with Crippen LogP contribution in [0.1, 0.15) is 73.9 Å². The summed E-state index contributed by atoms with van der Waals surface area (Å²) in [6, 6.07) is 10.4. The molecule has 1 unspecified atom stereocenters. The fourth-order valence-electron chi connectivity index (χ4n) is 5.22. The Morgan fingerprint density at radius 3 is 2.71 bits per heavy atom. The summed E-state index contributed by atoms with van der Waals surface area (Å²) in [4.78, 5) is 21.5. The second kappa shape index (κ2) is 10.3. The van der Waals surface area contributed by atoms with E-state index in [9.17, 15) is 4.79 Å². The summed E-state index contributed by atoms with van der Waals surface area (Å²) in [5.74, 6) is 0.111. The standard InChI is InChI=1S/C26H33N5O4/c1-4-20-16(2)21(34-15-17-10-6-5-7-11-17)22(35-20)19-14-27-25-23(28-18-12-8-9-13-18)29-24(26(32)33-3)30-31(19)25/h5-7,10-11,14,16,18,20-22H,4,8-9,12-13,15H2,1-3H3,(H,28,29,30)/t16-,20-,21?,22+/m1/s1. The van der Waals surface area contributed by atoms with Crippen molar-refractivity contribution in [3.63, 3.8) is 0 Å². The van der Waals surface area contributed by atoms with E-state index in [0.29, 0.717) is 24.1 Å². The molecule has 3 heterocycles. The minimum atomic E-state index is -0.593. The van der Waals surface area contributed by atoms with Gasteiger partial charge in [-0.15, -0.1) is 5.10 Å². The molecular weight excluding hydrogens is 446 g/mol. The van der Waals surface area contributed by atoms with Crippen molar-refractivity contribution in [2.45, 2.75) is 76.9 Å². The maximum absolute atomic E-state index is 12.4. The number of methoxy groups -OCH3 is 1. The van der Waals surface area contributed by atoms with E-state index in [1.807, 2.05) is 18.2 Å². The SMILES string of the molecule is CC[C@H]1O[C@@H](c2cnc3c(NC4CCCC4)nc(C(=O)OC)nn23)C(OCc2ccccc2)[C@@H]1C. The summed E-state index contributed by atoms with van der Waals surface area (Å²) in [5, 5.41) is 7.99. The molecule has 4 atom stereocenters. The van der Waals surface area contributed by atoms with E-state index in [1.165, 1.54) is 20.0 Å². The van der Waals surface area contributed by atoms with Crippen LogP contribution in [0.15, 0.2) is 36.5 Å². The van der Waals surface area contributed by atoms with Gasteiger partial charge in [0, 0.05) is 12.0 Å². The molecule has 1 aromatic carbocycles. The van der Waals surface area contributed by atoms with Gasteiger partial charge in [0.2, 0.25) is 0 Å². The maximum Gasteiger partial charge on any atom is 0.377 e. The van der Waals surface area contributed by atoms with Crippen molar-refractivity contribution in [1.82, 2.24) is 19.6 Å². The van der Waals surface area contributed by atoms with Gasteiger partial charge in [0.1, 0.15) is 6.10 Å². The molecule has 186 valence electrons. The number of aromatic nitrogens is 4. The number of imidazole rings is 1. The zero-order valence-corrected chi connectivity index (χ0v) is 20.5. The molecule has 1 N–H and O–H groups in total. The molecule has 1 aliphatic heterocycles. The number of anilines is 1. The van der Waals surface area contributed by atoms with Gasteiger partial charge in [0.05, 0.1) is 37.8 Å². The number of hydrogen-bond donors (Lipinski definition) is 1. The molecule has 0 spiro atoms.